The lowest BCUT2D eigenvalue weighted by Gasteiger charge is -2.20. The number of aromatic nitrogens is 1. The van der Waals surface area contributed by atoms with Gasteiger partial charge in [-0.1, -0.05) is 38.1 Å². The summed E-state index contributed by atoms with van der Waals surface area (Å²) >= 11 is 0. The summed E-state index contributed by atoms with van der Waals surface area (Å²) in [6.07, 6.45) is 2.64. The van der Waals surface area contributed by atoms with Crippen molar-refractivity contribution in [1.29, 1.82) is 0 Å². The van der Waals surface area contributed by atoms with E-state index in [1.54, 1.807) is 6.20 Å². The topological polar surface area (TPSA) is 59.2 Å². The Balaban J connectivity index is 2.03. The van der Waals surface area contributed by atoms with Gasteiger partial charge in [-0.15, -0.1) is 0 Å². The summed E-state index contributed by atoms with van der Waals surface area (Å²) in [7, 11) is 0. The van der Waals surface area contributed by atoms with Crippen LogP contribution in [0.1, 0.15) is 30.6 Å². The third-order valence-corrected chi connectivity index (χ3v) is 4.02. The molecular weight excluding hydrogens is 250 g/mol. The van der Waals surface area contributed by atoms with E-state index >= 15 is 0 Å². The average molecular weight is 269 g/mol. The Morgan fingerprint density at radius 1 is 1.30 bits per heavy atom. The van der Waals surface area contributed by atoms with Crippen LogP contribution in [0.3, 0.4) is 0 Å². The first-order valence-electron chi connectivity index (χ1n) is 6.90. The fourth-order valence-electron chi connectivity index (χ4n) is 2.84. The predicted molar refractivity (Wildman–Crippen MR) is 80.5 cm³/mol. The van der Waals surface area contributed by atoms with Crippen molar-refractivity contribution in [2.45, 2.75) is 20.3 Å². The molecule has 4 heteroatoms. The molecule has 2 aromatic rings. The van der Waals surface area contributed by atoms with Gasteiger partial charge >= 0.3 is 0 Å². The number of carbonyl (C=O) groups excluding carboxylic acids is 1. The zero-order valence-electron chi connectivity index (χ0n) is 11.9. The minimum Gasteiger partial charge on any atom is -0.383 e. The van der Waals surface area contributed by atoms with Crippen molar-refractivity contribution >= 4 is 22.5 Å². The Hall–Kier alpha value is -2.10. The SMILES string of the molecule is CC1(C)CCN(C(=O)c2cnc(N)c3ccccc23)C1. The van der Waals surface area contributed by atoms with Crippen LogP contribution in [0.15, 0.2) is 30.5 Å². The molecule has 0 saturated carbocycles. The lowest BCUT2D eigenvalue weighted by molar-refractivity contribution is 0.0780. The van der Waals surface area contributed by atoms with Crippen molar-refractivity contribution in [3.05, 3.63) is 36.0 Å². The van der Waals surface area contributed by atoms with Crippen molar-refractivity contribution in [2.75, 3.05) is 18.8 Å². The molecule has 1 fully saturated rings. The Labute approximate surface area is 118 Å². The number of hydrogen-bond acceptors (Lipinski definition) is 3. The van der Waals surface area contributed by atoms with Gasteiger partial charge in [-0.05, 0) is 17.2 Å². The molecule has 2 heterocycles. The Morgan fingerprint density at radius 2 is 2.00 bits per heavy atom. The van der Waals surface area contributed by atoms with Gasteiger partial charge in [0, 0.05) is 24.7 Å². The number of rotatable bonds is 1. The third-order valence-electron chi connectivity index (χ3n) is 4.02. The van der Waals surface area contributed by atoms with Crippen LogP contribution < -0.4 is 5.73 Å². The first kappa shape index (κ1) is 12.9. The Kier molecular flexibility index (Phi) is 2.89. The number of nitrogens with zero attached hydrogens (tertiary/aromatic N) is 2. The summed E-state index contributed by atoms with van der Waals surface area (Å²) in [5.74, 6) is 0.526. The van der Waals surface area contributed by atoms with Crippen LogP contribution in [0.25, 0.3) is 10.8 Å². The molecule has 2 N–H and O–H groups in total. The van der Waals surface area contributed by atoms with Gasteiger partial charge in [-0.2, -0.15) is 0 Å². The maximum Gasteiger partial charge on any atom is 0.256 e. The molecule has 0 aliphatic carbocycles. The van der Waals surface area contributed by atoms with E-state index in [2.05, 4.69) is 18.8 Å². The molecule has 1 aromatic heterocycles. The van der Waals surface area contributed by atoms with E-state index in [-0.39, 0.29) is 11.3 Å². The minimum absolute atomic E-state index is 0.0549. The summed E-state index contributed by atoms with van der Waals surface area (Å²) in [5, 5.41) is 1.73. The molecule has 4 nitrogen and oxygen atoms in total. The molecule has 0 atom stereocenters. The number of hydrogen-bond donors (Lipinski definition) is 1. The lowest BCUT2D eigenvalue weighted by atomic mass is 9.93. The fourth-order valence-corrected chi connectivity index (χ4v) is 2.84. The first-order chi connectivity index (χ1) is 9.48. The second-order valence-electron chi connectivity index (χ2n) is 6.24. The summed E-state index contributed by atoms with van der Waals surface area (Å²) in [4.78, 5) is 18.8. The highest BCUT2D eigenvalue weighted by molar-refractivity contribution is 6.09. The van der Waals surface area contributed by atoms with Gasteiger partial charge < -0.3 is 10.6 Å². The summed E-state index contributed by atoms with van der Waals surface area (Å²) in [6, 6.07) is 7.67. The normalized spacial score (nSPS) is 17.6. The van der Waals surface area contributed by atoms with Crippen LogP contribution in [0.2, 0.25) is 0 Å². The number of nitrogens with two attached hydrogens (primary N) is 1. The largest absolute Gasteiger partial charge is 0.383 e. The van der Waals surface area contributed by atoms with Crippen LogP contribution >= 0.6 is 0 Å². The Bertz CT molecular complexity index is 678. The quantitative estimate of drug-likeness (QED) is 0.866. The summed E-state index contributed by atoms with van der Waals surface area (Å²) in [6.45, 7) is 5.99. The van der Waals surface area contributed by atoms with E-state index in [0.29, 0.717) is 11.4 Å². The number of amides is 1. The molecule has 1 aliphatic heterocycles. The van der Waals surface area contributed by atoms with Gasteiger partial charge in [0.1, 0.15) is 5.82 Å². The van der Waals surface area contributed by atoms with Crippen molar-refractivity contribution in [3.8, 4) is 0 Å². The maximum absolute atomic E-state index is 12.7. The second kappa shape index (κ2) is 4.47. The number of nitrogen functional groups attached to an aromatic ring is 1. The van der Waals surface area contributed by atoms with Crippen LogP contribution in [0.5, 0.6) is 0 Å². The van der Waals surface area contributed by atoms with Gasteiger partial charge in [0.15, 0.2) is 0 Å². The minimum atomic E-state index is 0.0549. The van der Waals surface area contributed by atoms with Crippen LogP contribution in [-0.4, -0.2) is 28.9 Å². The number of fused-ring (bicyclic) bond motifs is 1. The third kappa shape index (κ3) is 2.11. The monoisotopic (exact) mass is 269 g/mol. The van der Waals surface area contributed by atoms with Crippen molar-refractivity contribution < 1.29 is 4.79 Å². The zero-order chi connectivity index (χ0) is 14.3. The van der Waals surface area contributed by atoms with Gasteiger partial charge in [0.05, 0.1) is 5.56 Å². The molecular formula is C16H19N3O. The summed E-state index contributed by atoms with van der Waals surface area (Å²) in [5.41, 5.74) is 6.73. The van der Waals surface area contributed by atoms with Crippen molar-refractivity contribution in [1.82, 2.24) is 9.88 Å². The zero-order valence-corrected chi connectivity index (χ0v) is 11.9. The van der Waals surface area contributed by atoms with E-state index in [1.165, 1.54) is 0 Å². The number of benzene rings is 1. The van der Waals surface area contributed by atoms with E-state index < -0.39 is 0 Å². The highest BCUT2D eigenvalue weighted by atomic mass is 16.2. The second-order valence-corrected chi connectivity index (χ2v) is 6.24. The molecule has 20 heavy (non-hydrogen) atoms. The smallest absolute Gasteiger partial charge is 0.256 e. The highest BCUT2D eigenvalue weighted by Crippen LogP contribution is 2.31. The number of pyridine rings is 1. The van der Waals surface area contributed by atoms with E-state index in [0.717, 1.165) is 30.3 Å². The lowest BCUT2D eigenvalue weighted by Crippen LogP contribution is -2.30. The maximum atomic E-state index is 12.7. The summed E-state index contributed by atoms with van der Waals surface area (Å²) < 4.78 is 0. The number of anilines is 1. The van der Waals surface area contributed by atoms with Gasteiger partial charge in [-0.3, -0.25) is 4.79 Å². The first-order valence-corrected chi connectivity index (χ1v) is 6.90. The molecule has 1 saturated heterocycles. The van der Waals surface area contributed by atoms with Crippen LogP contribution in [0.4, 0.5) is 5.82 Å². The molecule has 3 rings (SSSR count). The van der Waals surface area contributed by atoms with Crippen molar-refractivity contribution in [2.24, 2.45) is 5.41 Å². The number of likely N-dealkylation sites (tertiary alicyclic amines) is 1. The fraction of sp³-hybridized carbons (Fsp3) is 0.375. The van der Waals surface area contributed by atoms with E-state index in [9.17, 15) is 4.79 Å². The number of carbonyl (C=O) groups is 1. The molecule has 104 valence electrons. The van der Waals surface area contributed by atoms with Gasteiger partial charge in [0.2, 0.25) is 0 Å². The Morgan fingerprint density at radius 3 is 2.65 bits per heavy atom. The van der Waals surface area contributed by atoms with Gasteiger partial charge in [-0.25, -0.2) is 4.98 Å². The molecule has 0 radical (unpaired) electrons. The van der Waals surface area contributed by atoms with E-state index in [1.807, 2.05) is 29.2 Å². The molecule has 1 aliphatic rings. The average Bonchev–Trinajstić information content (AvgIpc) is 2.79. The van der Waals surface area contributed by atoms with Crippen LogP contribution in [0, 0.1) is 5.41 Å². The molecule has 1 amide bonds. The van der Waals surface area contributed by atoms with Crippen LogP contribution in [-0.2, 0) is 0 Å². The highest BCUT2D eigenvalue weighted by Gasteiger charge is 2.33. The molecule has 0 bridgehead atoms. The predicted octanol–water partition coefficient (Wildman–Crippen LogP) is 2.69. The van der Waals surface area contributed by atoms with Crippen molar-refractivity contribution in [3.63, 3.8) is 0 Å². The van der Waals surface area contributed by atoms with E-state index in [4.69, 9.17) is 5.73 Å². The van der Waals surface area contributed by atoms with Gasteiger partial charge in [0.25, 0.3) is 5.91 Å². The molecule has 0 spiro atoms. The molecule has 0 unspecified atom stereocenters. The standard InChI is InChI=1S/C16H19N3O/c1-16(2)7-8-19(10-16)15(20)13-9-18-14(17)12-6-4-3-5-11(12)13/h3-6,9H,7-8,10H2,1-2H3,(H2,17,18). The molecule has 1 aromatic carbocycles.